The van der Waals surface area contributed by atoms with Gasteiger partial charge in [0.25, 0.3) is 0 Å². The van der Waals surface area contributed by atoms with Crippen LogP contribution in [0.3, 0.4) is 0 Å². The molecule has 0 saturated carbocycles. The molecule has 0 bridgehead atoms. The molecular formula is C13H22N4S. The lowest BCUT2D eigenvalue weighted by molar-refractivity contribution is 0.695. The average molecular weight is 266 g/mol. The molecule has 2 unspecified atom stereocenters. The second-order valence-electron chi connectivity index (χ2n) is 4.81. The second kappa shape index (κ2) is 6.38. The Balaban J connectivity index is 2.00. The fourth-order valence-electron chi connectivity index (χ4n) is 2.22. The zero-order chi connectivity index (χ0) is 13.0. The summed E-state index contributed by atoms with van der Waals surface area (Å²) >= 11 is 2.05. The molecule has 1 aromatic rings. The molecule has 1 N–H and O–H groups in total. The summed E-state index contributed by atoms with van der Waals surface area (Å²) in [6, 6.07) is 0. The monoisotopic (exact) mass is 266 g/mol. The van der Waals surface area contributed by atoms with E-state index in [0.717, 1.165) is 37.7 Å². The van der Waals surface area contributed by atoms with Crippen molar-refractivity contribution in [2.45, 2.75) is 37.8 Å². The molecule has 1 aromatic heterocycles. The third-order valence-corrected chi connectivity index (χ3v) is 4.22. The van der Waals surface area contributed by atoms with E-state index >= 15 is 0 Å². The van der Waals surface area contributed by atoms with Gasteiger partial charge in [0.15, 0.2) is 0 Å². The molecule has 2 heterocycles. The zero-order valence-electron chi connectivity index (χ0n) is 11.4. The summed E-state index contributed by atoms with van der Waals surface area (Å²) < 4.78 is 0. The third-order valence-electron chi connectivity index (χ3n) is 2.99. The minimum absolute atomic E-state index is 0.664. The van der Waals surface area contributed by atoms with Gasteiger partial charge in [-0.2, -0.15) is 11.8 Å². The van der Waals surface area contributed by atoms with E-state index in [1.807, 2.05) is 12.4 Å². The predicted molar refractivity (Wildman–Crippen MR) is 78.1 cm³/mol. The van der Waals surface area contributed by atoms with Gasteiger partial charge in [0.2, 0.25) is 0 Å². The molecule has 1 aliphatic heterocycles. The highest BCUT2D eigenvalue weighted by atomic mass is 32.2. The van der Waals surface area contributed by atoms with Gasteiger partial charge >= 0.3 is 0 Å². The van der Waals surface area contributed by atoms with Gasteiger partial charge in [-0.3, -0.25) is 4.98 Å². The first kappa shape index (κ1) is 13.6. The maximum absolute atomic E-state index is 4.54. The van der Waals surface area contributed by atoms with E-state index in [4.69, 9.17) is 0 Å². The van der Waals surface area contributed by atoms with Crippen molar-refractivity contribution in [1.82, 2.24) is 15.3 Å². The summed E-state index contributed by atoms with van der Waals surface area (Å²) in [5.74, 6) is 1.01. The van der Waals surface area contributed by atoms with Crippen LogP contribution in [0.2, 0.25) is 0 Å². The van der Waals surface area contributed by atoms with Crippen molar-refractivity contribution in [3.63, 3.8) is 0 Å². The zero-order valence-corrected chi connectivity index (χ0v) is 12.2. The van der Waals surface area contributed by atoms with Crippen molar-refractivity contribution in [3.8, 4) is 0 Å². The van der Waals surface area contributed by atoms with Gasteiger partial charge in [0.1, 0.15) is 5.82 Å². The first-order valence-corrected chi connectivity index (χ1v) is 7.55. The van der Waals surface area contributed by atoms with Crippen LogP contribution in [-0.2, 0) is 6.54 Å². The van der Waals surface area contributed by atoms with Crippen molar-refractivity contribution in [1.29, 1.82) is 0 Å². The number of nitrogens with one attached hydrogen (secondary N) is 1. The fraction of sp³-hybridized carbons (Fsp3) is 0.692. The van der Waals surface area contributed by atoms with Gasteiger partial charge in [-0.1, -0.05) is 20.8 Å². The van der Waals surface area contributed by atoms with E-state index in [2.05, 4.69) is 52.7 Å². The number of hydrogen-bond donors (Lipinski definition) is 1. The van der Waals surface area contributed by atoms with Crippen LogP contribution in [0.1, 0.15) is 26.5 Å². The Labute approximate surface area is 114 Å². The Hall–Kier alpha value is -0.810. The van der Waals surface area contributed by atoms with Crippen LogP contribution in [0, 0.1) is 0 Å². The van der Waals surface area contributed by atoms with Crippen molar-refractivity contribution in [3.05, 3.63) is 18.1 Å². The van der Waals surface area contributed by atoms with Crippen LogP contribution in [-0.4, -0.2) is 40.1 Å². The first-order valence-electron chi connectivity index (χ1n) is 6.61. The Morgan fingerprint density at radius 3 is 2.56 bits per heavy atom. The highest BCUT2D eigenvalue weighted by Crippen LogP contribution is 2.27. The quantitative estimate of drug-likeness (QED) is 0.901. The largest absolute Gasteiger partial charge is 0.353 e. The minimum Gasteiger partial charge on any atom is -0.353 e. The molecule has 0 aliphatic carbocycles. The van der Waals surface area contributed by atoms with Gasteiger partial charge < -0.3 is 10.2 Å². The molecule has 100 valence electrons. The maximum Gasteiger partial charge on any atom is 0.147 e. The summed E-state index contributed by atoms with van der Waals surface area (Å²) in [5.41, 5.74) is 1.01. The highest BCUT2D eigenvalue weighted by molar-refractivity contribution is 8.00. The smallest absolute Gasteiger partial charge is 0.147 e. The lowest BCUT2D eigenvalue weighted by Crippen LogP contribution is -2.40. The number of anilines is 1. The topological polar surface area (TPSA) is 41.1 Å². The molecule has 2 atom stereocenters. The van der Waals surface area contributed by atoms with Gasteiger partial charge in [0.05, 0.1) is 18.1 Å². The molecule has 2 rings (SSSR count). The molecule has 1 aliphatic rings. The average Bonchev–Trinajstić information content (AvgIpc) is 2.36. The molecule has 0 radical (unpaired) electrons. The Morgan fingerprint density at radius 1 is 1.28 bits per heavy atom. The van der Waals surface area contributed by atoms with Crippen LogP contribution in [0.4, 0.5) is 5.82 Å². The van der Waals surface area contributed by atoms with Gasteiger partial charge in [-0.15, -0.1) is 0 Å². The van der Waals surface area contributed by atoms with Crippen LogP contribution in [0.5, 0.6) is 0 Å². The summed E-state index contributed by atoms with van der Waals surface area (Å²) in [5, 5.41) is 4.59. The van der Waals surface area contributed by atoms with E-state index in [-0.39, 0.29) is 0 Å². The standard InChI is InChI=1S/C13H22N4S/c1-4-14-5-12-6-16-13(7-15-12)17-8-10(2)18-11(3)9-17/h6-7,10-11,14H,4-5,8-9H2,1-3H3. The number of thioether (sulfide) groups is 1. The second-order valence-corrected chi connectivity index (χ2v) is 6.69. The van der Waals surface area contributed by atoms with Crippen molar-refractivity contribution in [2.75, 3.05) is 24.5 Å². The molecule has 1 saturated heterocycles. The van der Waals surface area contributed by atoms with Crippen LogP contribution in [0.25, 0.3) is 0 Å². The SMILES string of the molecule is CCNCc1cnc(N2CC(C)SC(C)C2)cn1. The Kier molecular flexibility index (Phi) is 4.83. The molecule has 0 amide bonds. The molecule has 1 fully saturated rings. The number of hydrogen-bond acceptors (Lipinski definition) is 5. The molecule has 0 spiro atoms. The van der Waals surface area contributed by atoms with Crippen molar-refractivity contribution < 1.29 is 0 Å². The molecule has 0 aromatic carbocycles. The minimum atomic E-state index is 0.664. The van der Waals surface area contributed by atoms with Crippen molar-refractivity contribution in [2.24, 2.45) is 0 Å². The fourth-order valence-corrected chi connectivity index (χ4v) is 3.55. The molecule has 4 nitrogen and oxygen atoms in total. The van der Waals surface area contributed by atoms with E-state index < -0.39 is 0 Å². The number of aromatic nitrogens is 2. The van der Waals surface area contributed by atoms with Crippen molar-refractivity contribution >= 4 is 17.6 Å². The molecule has 5 heteroatoms. The van der Waals surface area contributed by atoms with Crippen LogP contribution < -0.4 is 10.2 Å². The molecule has 18 heavy (non-hydrogen) atoms. The Morgan fingerprint density at radius 2 is 2.00 bits per heavy atom. The first-order chi connectivity index (χ1) is 8.69. The Bertz CT molecular complexity index is 358. The normalized spacial score (nSPS) is 24.3. The van der Waals surface area contributed by atoms with Crippen LogP contribution in [0.15, 0.2) is 12.4 Å². The summed E-state index contributed by atoms with van der Waals surface area (Å²) in [7, 11) is 0. The van der Waals surface area contributed by atoms with E-state index in [0.29, 0.717) is 10.5 Å². The lowest BCUT2D eigenvalue weighted by Gasteiger charge is -2.35. The summed E-state index contributed by atoms with van der Waals surface area (Å²) in [6.07, 6.45) is 3.79. The summed E-state index contributed by atoms with van der Waals surface area (Å²) in [6.45, 7) is 10.5. The lowest BCUT2D eigenvalue weighted by atomic mass is 10.3. The van der Waals surface area contributed by atoms with E-state index in [1.54, 1.807) is 0 Å². The number of nitrogens with zero attached hydrogens (tertiary/aromatic N) is 3. The number of rotatable bonds is 4. The van der Waals surface area contributed by atoms with E-state index in [9.17, 15) is 0 Å². The highest BCUT2D eigenvalue weighted by Gasteiger charge is 2.23. The van der Waals surface area contributed by atoms with E-state index in [1.165, 1.54) is 0 Å². The van der Waals surface area contributed by atoms with Crippen LogP contribution >= 0.6 is 11.8 Å². The van der Waals surface area contributed by atoms with Gasteiger partial charge in [-0.25, -0.2) is 4.98 Å². The van der Waals surface area contributed by atoms with Gasteiger partial charge in [-0.05, 0) is 6.54 Å². The molecular weight excluding hydrogens is 244 g/mol. The predicted octanol–water partition coefficient (Wildman–Crippen LogP) is 1.92. The third kappa shape index (κ3) is 3.59. The maximum atomic E-state index is 4.54. The summed E-state index contributed by atoms with van der Waals surface area (Å²) in [4.78, 5) is 11.3. The van der Waals surface area contributed by atoms with Gasteiger partial charge in [0, 0.05) is 30.1 Å².